The van der Waals surface area contributed by atoms with E-state index in [0.717, 1.165) is 30.0 Å². The highest BCUT2D eigenvalue weighted by atomic mass is 16.5. The number of nitrogens with one attached hydrogen (secondary N) is 1. The monoisotopic (exact) mass is 353 g/mol. The standard InChI is InChI=1S/C21H27N3O2/c1-17-7-6-8-19(13-17)26-16-21(25)23-15-18-9-10-20(22-14-18)24-11-4-2-3-5-12-24/h6-10,13-14H,2-5,11-12,15-16H2,1H3,(H,23,25). The molecule has 0 radical (unpaired) electrons. The third-order valence-corrected chi connectivity index (χ3v) is 4.59. The topological polar surface area (TPSA) is 54.5 Å². The molecule has 1 amide bonds. The van der Waals surface area contributed by atoms with Gasteiger partial charge in [-0.3, -0.25) is 4.79 Å². The van der Waals surface area contributed by atoms with Crippen molar-refractivity contribution in [3.63, 3.8) is 0 Å². The smallest absolute Gasteiger partial charge is 0.258 e. The molecule has 0 bridgehead atoms. The Bertz CT molecular complexity index is 707. The summed E-state index contributed by atoms with van der Waals surface area (Å²) in [5, 5.41) is 2.88. The highest BCUT2D eigenvalue weighted by Crippen LogP contribution is 2.17. The molecule has 2 heterocycles. The van der Waals surface area contributed by atoms with Gasteiger partial charge < -0.3 is 15.0 Å². The van der Waals surface area contributed by atoms with E-state index in [4.69, 9.17) is 4.74 Å². The predicted octanol–water partition coefficient (Wildman–Crippen LogP) is 3.47. The van der Waals surface area contributed by atoms with Crippen molar-refractivity contribution in [1.82, 2.24) is 10.3 Å². The average Bonchev–Trinajstić information content (AvgIpc) is 2.95. The maximum Gasteiger partial charge on any atom is 0.258 e. The van der Waals surface area contributed by atoms with E-state index in [2.05, 4.69) is 21.3 Å². The van der Waals surface area contributed by atoms with Crippen molar-refractivity contribution in [2.75, 3.05) is 24.6 Å². The van der Waals surface area contributed by atoms with Gasteiger partial charge in [0.25, 0.3) is 5.91 Å². The minimum absolute atomic E-state index is 0.0166. The Hall–Kier alpha value is -2.56. The minimum Gasteiger partial charge on any atom is -0.484 e. The molecule has 0 atom stereocenters. The zero-order valence-electron chi connectivity index (χ0n) is 15.4. The third kappa shape index (κ3) is 5.48. The molecule has 1 aromatic carbocycles. The number of carbonyl (C=O) groups is 1. The van der Waals surface area contributed by atoms with E-state index in [9.17, 15) is 4.79 Å². The van der Waals surface area contributed by atoms with Gasteiger partial charge in [0.15, 0.2) is 6.61 Å². The Balaban J connectivity index is 1.44. The molecule has 0 unspecified atom stereocenters. The number of benzene rings is 1. The SMILES string of the molecule is Cc1cccc(OCC(=O)NCc2ccc(N3CCCCCC3)nc2)c1. The van der Waals surface area contributed by atoms with E-state index in [0.29, 0.717) is 12.3 Å². The molecule has 1 fully saturated rings. The maximum atomic E-state index is 12.0. The fourth-order valence-electron chi connectivity index (χ4n) is 3.11. The first-order chi connectivity index (χ1) is 12.7. The molecule has 1 saturated heterocycles. The van der Waals surface area contributed by atoms with Crippen molar-refractivity contribution >= 4 is 11.7 Å². The van der Waals surface area contributed by atoms with Gasteiger partial charge in [0, 0.05) is 25.8 Å². The molecule has 5 nitrogen and oxygen atoms in total. The number of hydrogen-bond donors (Lipinski definition) is 1. The number of rotatable bonds is 6. The first kappa shape index (κ1) is 18.2. The van der Waals surface area contributed by atoms with Crippen LogP contribution in [-0.2, 0) is 11.3 Å². The molecule has 0 spiro atoms. The maximum absolute atomic E-state index is 12.0. The highest BCUT2D eigenvalue weighted by molar-refractivity contribution is 5.77. The lowest BCUT2D eigenvalue weighted by molar-refractivity contribution is -0.123. The third-order valence-electron chi connectivity index (χ3n) is 4.59. The number of carbonyl (C=O) groups excluding carboxylic acids is 1. The first-order valence-corrected chi connectivity index (χ1v) is 9.37. The van der Waals surface area contributed by atoms with Crippen LogP contribution in [0.1, 0.15) is 36.8 Å². The van der Waals surface area contributed by atoms with Crippen molar-refractivity contribution in [2.45, 2.75) is 39.2 Å². The van der Waals surface area contributed by atoms with Gasteiger partial charge >= 0.3 is 0 Å². The van der Waals surface area contributed by atoms with Gasteiger partial charge in [-0.15, -0.1) is 0 Å². The normalized spacial score (nSPS) is 14.6. The van der Waals surface area contributed by atoms with Gasteiger partial charge in [0.05, 0.1) is 0 Å². The molecule has 1 aromatic heterocycles. The van der Waals surface area contributed by atoms with Crippen molar-refractivity contribution in [3.05, 3.63) is 53.7 Å². The second-order valence-electron chi connectivity index (χ2n) is 6.81. The van der Waals surface area contributed by atoms with Crippen LogP contribution in [-0.4, -0.2) is 30.6 Å². The fraction of sp³-hybridized carbons (Fsp3) is 0.429. The van der Waals surface area contributed by atoms with E-state index in [1.807, 2.05) is 43.5 Å². The van der Waals surface area contributed by atoms with E-state index in [1.54, 1.807) is 0 Å². The van der Waals surface area contributed by atoms with Gasteiger partial charge in [-0.1, -0.05) is 31.0 Å². The van der Waals surface area contributed by atoms with Crippen molar-refractivity contribution in [3.8, 4) is 5.75 Å². The molecule has 0 aliphatic carbocycles. The highest BCUT2D eigenvalue weighted by Gasteiger charge is 2.11. The zero-order chi connectivity index (χ0) is 18.2. The molecule has 5 heteroatoms. The number of anilines is 1. The second-order valence-corrected chi connectivity index (χ2v) is 6.81. The molecule has 1 N–H and O–H groups in total. The van der Waals surface area contributed by atoms with E-state index in [1.165, 1.54) is 25.7 Å². The van der Waals surface area contributed by atoms with Gasteiger partial charge in [-0.05, 0) is 49.1 Å². The van der Waals surface area contributed by atoms with Crippen LogP contribution in [0.2, 0.25) is 0 Å². The van der Waals surface area contributed by atoms with Gasteiger partial charge in [-0.25, -0.2) is 4.98 Å². The number of pyridine rings is 1. The molecule has 1 aliphatic heterocycles. The Kier molecular flexibility index (Phi) is 6.47. The summed E-state index contributed by atoms with van der Waals surface area (Å²) in [6, 6.07) is 11.8. The Morgan fingerprint density at radius 1 is 1.15 bits per heavy atom. The minimum atomic E-state index is -0.136. The van der Waals surface area contributed by atoms with Crippen LogP contribution in [0.15, 0.2) is 42.6 Å². The summed E-state index contributed by atoms with van der Waals surface area (Å²) >= 11 is 0. The predicted molar refractivity (Wildman–Crippen MR) is 103 cm³/mol. The lowest BCUT2D eigenvalue weighted by Crippen LogP contribution is -2.28. The lowest BCUT2D eigenvalue weighted by atomic mass is 10.2. The quantitative estimate of drug-likeness (QED) is 0.864. The van der Waals surface area contributed by atoms with Gasteiger partial charge in [0.1, 0.15) is 11.6 Å². The zero-order valence-corrected chi connectivity index (χ0v) is 15.4. The Morgan fingerprint density at radius 2 is 1.96 bits per heavy atom. The Labute approximate surface area is 155 Å². The average molecular weight is 353 g/mol. The Morgan fingerprint density at radius 3 is 2.65 bits per heavy atom. The van der Waals surface area contributed by atoms with Crippen molar-refractivity contribution < 1.29 is 9.53 Å². The number of amides is 1. The molecule has 26 heavy (non-hydrogen) atoms. The molecule has 138 valence electrons. The number of hydrogen-bond acceptors (Lipinski definition) is 4. The molecule has 1 aliphatic rings. The van der Waals surface area contributed by atoms with E-state index in [-0.39, 0.29) is 12.5 Å². The van der Waals surface area contributed by atoms with Crippen LogP contribution in [0.3, 0.4) is 0 Å². The van der Waals surface area contributed by atoms with Crippen LogP contribution in [0, 0.1) is 6.92 Å². The summed E-state index contributed by atoms with van der Waals surface area (Å²) in [6.45, 7) is 4.64. The number of aromatic nitrogens is 1. The summed E-state index contributed by atoms with van der Waals surface area (Å²) in [5.74, 6) is 1.61. The molecular weight excluding hydrogens is 326 g/mol. The van der Waals surface area contributed by atoms with Crippen LogP contribution in [0.25, 0.3) is 0 Å². The number of aryl methyl sites for hydroxylation is 1. The van der Waals surface area contributed by atoms with Gasteiger partial charge in [-0.2, -0.15) is 0 Å². The van der Waals surface area contributed by atoms with Crippen molar-refractivity contribution in [1.29, 1.82) is 0 Å². The lowest BCUT2D eigenvalue weighted by Gasteiger charge is -2.21. The van der Waals surface area contributed by atoms with Gasteiger partial charge in [0.2, 0.25) is 0 Å². The second kappa shape index (κ2) is 9.22. The van der Waals surface area contributed by atoms with Crippen LogP contribution in [0.4, 0.5) is 5.82 Å². The number of nitrogens with zero attached hydrogens (tertiary/aromatic N) is 2. The molecular formula is C21H27N3O2. The van der Waals surface area contributed by atoms with Crippen LogP contribution >= 0.6 is 0 Å². The first-order valence-electron chi connectivity index (χ1n) is 9.37. The van der Waals surface area contributed by atoms with Crippen LogP contribution in [0.5, 0.6) is 5.75 Å². The summed E-state index contributed by atoms with van der Waals surface area (Å²) in [5.41, 5.74) is 2.10. The molecule has 2 aromatic rings. The largest absolute Gasteiger partial charge is 0.484 e. The fourth-order valence-corrected chi connectivity index (χ4v) is 3.11. The van der Waals surface area contributed by atoms with Crippen molar-refractivity contribution in [2.24, 2.45) is 0 Å². The molecule has 3 rings (SSSR count). The summed E-state index contributed by atoms with van der Waals surface area (Å²) in [6.07, 6.45) is 6.94. The van der Waals surface area contributed by atoms with E-state index < -0.39 is 0 Å². The summed E-state index contributed by atoms with van der Waals surface area (Å²) < 4.78 is 5.51. The summed E-state index contributed by atoms with van der Waals surface area (Å²) in [7, 11) is 0. The number of ether oxygens (including phenoxy) is 1. The van der Waals surface area contributed by atoms with E-state index >= 15 is 0 Å². The van der Waals surface area contributed by atoms with Crippen LogP contribution < -0.4 is 15.0 Å². The molecule has 0 saturated carbocycles. The summed E-state index contributed by atoms with van der Waals surface area (Å²) in [4.78, 5) is 18.9.